The minimum absolute atomic E-state index is 0.0370. The number of benzene rings is 1. The molecule has 6 heteroatoms. The molecule has 0 saturated heterocycles. The van der Waals surface area contributed by atoms with Crippen molar-refractivity contribution >= 4 is 9.84 Å². The van der Waals surface area contributed by atoms with E-state index in [1.165, 1.54) is 0 Å². The van der Waals surface area contributed by atoms with Crippen LogP contribution in [0.3, 0.4) is 0 Å². The number of aliphatic hydroxyl groups excluding tert-OH is 1. The van der Waals surface area contributed by atoms with Crippen LogP contribution in [0.1, 0.15) is 18.1 Å². The molecule has 1 aromatic carbocycles. The maximum absolute atomic E-state index is 11.1. The summed E-state index contributed by atoms with van der Waals surface area (Å²) >= 11 is 0. The molecule has 102 valence electrons. The number of aliphatic hydroxyl groups is 1. The van der Waals surface area contributed by atoms with Crippen molar-refractivity contribution in [1.82, 2.24) is 9.78 Å². The van der Waals surface area contributed by atoms with Crippen LogP contribution in [0.25, 0.3) is 5.69 Å². The summed E-state index contributed by atoms with van der Waals surface area (Å²) in [6, 6.07) is 9.52. The highest BCUT2D eigenvalue weighted by Gasteiger charge is 2.13. The number of hydrogen-bond donors (Lipinski definition) is 1. The van der Waals surface area contributed by atoms with Gasteiger partial charge in [0.1, 0.15) is 9.84 Å². The van der Waals surface area contributed by atoms with Gasteiger partial charge < -0.3 is 5.11 Å². The molecule has 1 atom stereocenters. The monoisotopic (exact) mass is 280 g/mol. The van der Waals surface area contributed by atoms with E-state index in [0.717, 1.165) is 11.9 Å². The zero-order valence-corrected chi connectivity index (χ0v) is 11.4. The van der Waals surface area contributed by atoms with Gasteiger partial charge in [0.2, 0.25) is 0 Å². The fourth-order valence-corrected chi connectivity index (χ4v) is 2.37. The molecule has 0 spiro atoms. The Labute approximate surface area is 112 Å². The van der Waals surface area contributed by atoms with Crippen LogP contribution in [0.4, 0.5) is 0 Å². The summed E-state index contributed by atoms with van der Waals surface area (Å²) < 4.78 is 23.8. The van der Waals surface area contributed by atoms with E-state index in [9.17, 15) is 13.5 Å². The third-order valence-corrected chi connectivity index (χ3v) is 3.75. The standard InChI is InChI=1S/C13H16N2O3S/c1-19(17,18)8-7-13(16)11-9-14-15(10-11)12-5-3-2-4-6-12/h2-6,9-10,13,16H,7-8H2,1H3. The molecule has 0 radical (unpaired) electrons. The molecule has 0 saturated carbocycles. The van der Waals surface area contributed by atoms with Gasteiger partial charge in [0.15, 0.2) is 0 Å². The predicted octanol–water partition coefficient (Wildman–Crippen LogP) is 1.34. The Kier molecular flexibility index (Phi) is 4.01. The normalized spacial score (nSPS) is 13.4. The van der Waals surface area contributed by atoms with Crippen molar-refractivity contribution in [3.8, 4) is 5.69 Å². The van der Waals surface area contributed by atoms with Crippen LogP contribution < -0.4 is 0 Å². The first kappa shape index (κ1) is 13.8. The number of para-hydroxylation sites is 1. The van der Waals surface area contributed by atoms with Crippen LogP contribution in [0.2, 0.25) is 0 Å². The highest BCUT2D eigenvalue weighted by atomic mass is 32.2. The highest BCUT2D eigenvalue weighted by molar-refractivity contribution is 7.90. The first-order valence-corrected chi connectivity index (χ1v) is 7.97. The topological polar surface area (TPSA) is 72.2 Å². The molecule has 2 aromatic rings. The molecule has 0 aliphatic heterocycles. The Balaban J connectivity index is 2.09. The van der Waals surface area contributed by atoms with E-state index in [-0.39, 0.29) is 12.2 Å². The number of sulfone groups is 1. The number of hydrogen-bond acceptors (Lipinski definition) is 4. The van der Waals surface area contributed by atoms with E-state index in [0.29, 0.717) is 5.56 Å². The van der Waals surface area contributed by atoms with Gasteiger partial charge in [0.25, 0.3) is 0 Å². The molecule has 2 rings (SSSR count). The van der Waals surface area contributed by atoms with E-state index in [1.807, 2.05) is 30.3 Å². The van der Waals surface area contributed by atoms with Crippen LogP contribution in [-0.2, 0) is 9.84 Å². The molecular weight excluding hydrogens is 264 g/mol. The summed E-state index contributed by atoms with van der Waals surface area (Å²) in [5.41, 5.74) is 1.51. The lowest BCUT2D eigenvalue weighted by molar-refractivity contribution is 0.174. The summed E-state index contributed by atoms with van der Waals surface area (Å²) in [6.45, 7) is 0. The maximum Gasteiger partial charge on any atom is 0.147 e. The largest absolute Gasteiger partial charge is 0.388 e. The van der Waals surface area contributed by atoms with Gasteiger partial charge in [-0.25, -0.2) is 13.1 Å². The lowest BCUT2D eigenvalue weighted by Crippen LogP contribution is -2.08. The van der Waals surface area contributed by atoms with Crippen LogP contribution in [0.15, 0.2) is 42.7 Å². The molecule has 0 aliphatic rings. The molecule has 0 amide bonds. The minimum Gasteiger partial charge on any atom is -0.388 e. The second-order valence-electron chi connectivity index (χ2n) is 4.49. The van der Waals surface area contributed by atoms with Gasteiger partial charge >= 0.3 is 0 Å². The van der Waals surface area contributed by atoms with E-state index in [4.69, 9.17) is 0 Å². The average molecular weight is 280 g/mol. The van der Waals surface area contributed by atoms with Crippen LogP contribution >= 0.6 is 0 Å². The molecule has 19 heavy (non-hydrogen) atoms. The van der Waals surface area contributed by atoms with Gasteiger partial charge in [-0.2, -0.15) is 5.10 Å². The van der Waals surface area contributed by atoms with E-state index >= 15 is 0 Å². The maximum atomic E-state index is 11.1. The Hall–Kier alpha value is -1.66. The van der Waals surface area contributed by atoms with Gasteiger partial charge in [0.05, 0.1) is 23.7 Å². The first-order valence-electron chi connectivity index (χ1n) is 5.91. The molecule has 1 N–H and O–H groups in total. The molecule has 5 nitrogen and oxygen atoms in total. The van der Waals surface area contributed by atoms with Crippen molar-refractivity contribution in [3.05, 3.63) is 48.3 Å². The quantitative estimate of drug-likeness (QED) is 0.897. The molecule has 1 heterocycles. The zero-order valence-electron chi connectivity index (χ0n) is 10.6. The number of aromatic nitrogens is 2. The highest BCUT2D eigenvalue weighted by Crippen LogP contribution is 2.18. The average Bonchev–Trinajstić information content (AvgIpc) is 2.86. The number of rotatable bonds is 5. The van der Waals surface area contributed by atoms with E-state index in [1.54, 1.807) is 17.1 Å². The minimum atomic E-state index is -3.06. The van der Waals surface area contributed by atoms with Crippen molar-refractivity contribution < 1.29 is 13.5 Å². The third-order valence-electron chi connectivity index (χ3n) is 2.77. The Morgan fingerprint density at radius 1 is 1.32 bits per heavy atom. The summed E-state index contributed by atoms with van der Waals surface area (Å²) in [5, 5.41) is 14.1. The van der Waals surface area contributed by atoms with E-state index < -0.39 is 15.9 Å². The predicted molar refractivity (Wildman–Crippen MR) is 72.9 cm³/mol. The Bertz CT molecular complexity index is 635. The summed E-state index contributed by atoms with van der Waals surface area (Å²) in [7, 11) is -3.06. The smallest absolute Gasteiger partial charge is 0.147 e. The molecular formula is C13H16N2O3S. The van der Waals surface area contributed by atoms with Gasteiger partial charge in [-0.1, -0.05) is 18.2 Å². The van der Waals surface area contributed by atoms with Crippen molar-refractivity contribution in [2.45, 2.75) is 12.5 Å². The van der Waals surface area contributed by atoms with Crippen LogP contribution in [0, 0.1) is 0 Å². The van der Waals surface area contributed by atoms with Crippen molar-refractivity contribution in [1.29, 1.82) is 0 Å². The Morgan fingerprint density at radius 2 is 2.00 bits per heavy atom. The third kappa shape index (κ3) is 3.90. The van der Waals surface area contributed by atoms with Crippen molar-refractivity contribution in [2.24, 2.45) is 0 Å². The molecule has 0 fully saturated rings. The summed E-state index contributed by atoms with van der Waals surface area (Å²) in [6.07, 6.45) is 3.79. The zero-order chi connectivity index (χ0) is 13.9. The summed E-state index contributed by atoms with van der Waals surface area (Å²) in [4.78, 5) is 0. The van der Waals surface area contributed by atoms with Gasteiger partial charge in [-0.15, -0.1) is 0 Å². The van der Waals surface area contributed by atoms with Gasteiger partial charge in [0, 0.05) is 18.0 Å². The lowest BCUT2D eigenvalue weighted by Gasteiger charge is -2.06. The molecule has 0 aliphatic carbocycles. The van der Waals surface area contributed by atoms with Crippen molar-refractivity contribution in [3.63, 3.8) is 0 Å². The second-order valence-corrected chi connectivity index (χ2v) is 6.75. The SMILES string of the molecule is CS(=O)(=O)CCC(O)c1cnn(-c2ccccc2)c1. The number of nitrogens with zero attached hydrogens (tertiary/aromatic N) is 2. The van der Waals surface area contributed by atoms with Crippen LogP contribution in [0.5, 0.6) is 0 Å². The molecule has 0 bridgehead atoms. The van der Waals surface area contributed by atoms with Crippen molar-refractivity contribution in [2.75, 3.05) is 12.0 Å². The Morgan fingerprint density at radius 3 is 2.63 bits per heavy atom. The molecule has 1 unspecified atom stereocenters. The fraction of sp³-hybridized carbons (Fsp3) is 0.308. The van der Waals surface area contributed by atoms with Crippen LogP contribution in [-0.4, -0.2) is 35.3 Å². The molecule has 1 aromatic heterocycles. The lowest BCUT2D eigenvalue weighted by atomic mass is 10.1. The fourth-order valence-electron chi connectivity index (χ4n) is 1.72. The van der Waals surface area contributed by atoms with E-state index in [2.05, 4.69) is 5.10 Å². The van der Waals surface area contributed by atoms with Gasteiger partial charge in [-0.05, 0) is 18.6 Å². The first-order chi connectivity index (χ1) is 8.96. The summed E-state index contributed by atoms with van der Waals surface area (Å²) in [5.74, 6) is -0.0370. The second kappa shape index (κ2) is 5.54. The van der Waals surface area contributed by atoms with Gasteiger partial charge in [-0.3, -0.25) is 0 Å².